The number of hydrogen-bond donors (Lipinski definition) is 1. The standard InChI is InChI=1S/C15H20BrN3S/c1-9-12(10(2)19(3)18-9)8-17-13-5-4-6-14-11(13)7-15(16)20-14/h7,13,17H,4-6,8H2,1-3H3. The Hall–Kier alpha value is -0.650. The van der Waals surface area contributed by atoms with Gasteiger partial charge in [-0.05, 0) is 60.7 Å². The second kappa shape index (κ2) is 5.62. The molecule has 0 saturated carbocycles. The van der Waals surface area contributed by atoms with Gasteiger partial charge in [-0.25, -0.2) is 0 Å². The molecule has 0 fully saturated rings. The Morgan fingerprint density at radius 1 is 1.50 bits per heavy atom. The molecular formula is C15H20BrN3S. The van der Waals surface area contributed by atoms with E-state index in [9.17, 15) is 0 Å². The normalized spacial score (nSPS) is 18.3. The van der Waals surface area contributed by atoms with Gasteiger partial charge in [0.25, 0.3) is 0 Å². The zero-order valence-electron chi connectivity index (χ0n) is 12.2. The van der Waals surface area contributed by atoms with Crippen molar-refractivity contribution >= 4 is 27.3 Å². The smallest absolute Gasteiger partial charge is 0.0704 e. The average molecular weight is 354 g/mol. The van der Waals surface area contributed by atoms with Gasteiger partial charge in [-0.2, -0.15) is 5.10 Å². The van der Waals surface area contributed by atoms with Gasteiger partial charge in [-0.3, -0.25) is 4.68 Å². The molecule has 0 radical (unpaired) electrons. The van der Waals surface area contributed by atoms with E-state index in [0.29, 0.717) is 6.04 Å². The van der Waals surface area contributed by atoms with Crippen LogP contribution in [-0.4, -0.2) is 9.78 Å². The maximum Gasteiger partial charge on any atom is 0.0704 e. The first-order valence-electron chi connectivity index (χ1n) is 7.07. The number of aryl methyl sites for hydroxylation is 3. The quantitative estimate of drug-likeness (QED) is 0.902. The first kappa shape index (κ1) is 14.3. The van der Waals surface area contributed by atoms with Gasteiger partial charge in [-0.15, -0.1) is 11.3 Å². The van der Waals surface area contributed by atoms with Crippen LogP contribution in [0, 0.1) is 13.8 Å². The second-order valence-electron chi connectivity index (χ2n) is 5.53. The van der Waals surface area contributed by atoms with Crippen molar-refractivity contribution in [2.45, 2.75) is 45.7 Å². The minimum Gasteiger partial charge on any atom is -0.306 e. The van der Waals surface area contributed by atoms with Gasteiger partial charge in [0.05, 0.1) is 9.48 Å². The van der Waals surface area contributed by atoms with Crippen molar-refractivity contribution in [1.29, 1.82) is 0 Å². The van der Waals surface area contributed by atoms with E-state index in [4.69, 9.17) is 0 Å². The summed E-state index contributed by atoms with van der Waals surface area (Å²) in [6, 6.07) is 2.78. The fraction of sp³-hybridized carbons (Fsp3) is 0.533. The van der Waals surface area contributed by atoms with Crippen LogP contribution in [0.15, 0.2) is 9.85 Å². The van der Waals surface area contributed by atoms with E-state index in [0.717, 1.165) is 12.2 Å². The van der Waals surface area contributed by atoms with E-state index in [-0.39, 0.29) is 0 Å². The Morgan fingerprint density at radius 2 is 2.30 bits per heavy atom. The number of fused-ring (bicyclic) bond motifs is 1. The minimum atomic E-state index is 0.486. The van der Waals surface area contributed by atoms with E-state index in [1.807, 2.05) is 23.1 Å². The van der Waals surface area contributed by atoms with Crippen molar-refractivity contribution < 1.29 is 0 Å². The third-order valence-corrected chi connectivity index (χ3v) is 5.98. The zero-order chi connectivity index (χ0) is 14.3. The topological polar surface area (TPSA) is 29.9 Å². The molecule has 108 valence electrons. The molecule has 1 aliphatic carbocycles. The number of nitrogens with one attached hydrogen (secondary N) is 1. The molecule has 0 aromatic carbocycles. The molecule has 2 aromatic rings. The summed E-state index contributed by atoms with van der Waals surface area (Å²) in [5.74, 6) is 0. The van der Waals surface area contributed by atoms with Gasteiger partial charge in [0.2, 0.25) is 0 Å². The van der Waals surface area contributed by atoms with E-state index < -0.39 is 0 Å². The van der Waals surface area contributed by atoms with Crippen LogP contribution < -0.4 is 5.32 Å². The van der Waals surface area contributed by atoms with Crippen LogP contribution in [0.5, 0.6) is 0 Å². The molecule has 0 aliphatic heterocycles. The van der Waals surface area contributed by atoms with Gasteiger partial charge in [0.15, 0.2) is 0 Å². The molecule has 3 nitrogen and oxygen atoms in total. The van der Waals surface area contributed by atoms with Crippen LogP contribution >= 0.6 is 27.3 Å². The van der Waals surface area contributed by atoms with Crippen molar-refractivity contribution in [2.24, 2.45) is 7.05 Å². The summed E-state index contributed by atoms with van der Waals surface area (Å²) in [5.41, 5.74) is 5.24. The molecule has 2 aromatic heterocycles. The summed E-state index contributed by atoms with van der Waals surface area (Å²) in [7, 11) is 2.01. The molecule has 0 spiro atoms. The molecule has 1 atom stereocenters. The molecule has 1 aliphatic rings. The highest BCUT2D eigenvalue weighted by molar-refractivity contribution is 9.11. The molecule has 0 amide bonds. The van der Waals surface area contributed by atoms with E-state index in [1.165, 1.54) is 39.9 Å². The molecule has 2 heterocycles. The number of nitrogens with zero attached hydrogens (tertiary/aromatic N) is 2. The van der Waals surface area contributed by atoms with Gasteiger partial charge < -0.3 is 5.32 Å². The highest BCUT2D eigenvalue weighted by Gasteiger charge is 2.22. The van der Waals surface area contributed by atoms with Crippen LogP contribution in [0.4, 0.5) is 0 Å². The molecule has 0 bridgehead atoms. The summed E-state index contributed by atoms with van der Waals surface area (Å²) in [6.45, 7) is 5.14. The Balaban J connectivity index is 1.76. The summed E-state index contributed by atoms with van der Waals surface area (Å²) >= 11 is 5.51. The number of thiophene rings is 1. The van der Waals surface area contributed by atoms with Crippen LogP contribution in [0.2, 0.25) is 0 Å². The average Bonchev–Trinajstić information content (AvgIpc) is 2.89. The second-order valence-corrected chi connectivity index (χ2v) is 8.04. The molecule has 1 N–H and O–H groups in total. The van der Waals surface area contributed by atoms with Crippen molar-refractivity contribution in [3.63, 3.8) is 0 Å². The highest BCUT2D eigenvalue weighted by atomic mass is 79.9. The summed E-state index contributed by atoms with van der Waals surface area (Å²) in [5, 5.41) is 8.23. The predicted molar refractivity (Wildman–Crippen MR) is 87.2 cm³/mol. The Kier molecular flexibility index (Phi) is 4.02. The van der Waals surface area contributed by atoms with Crippen molar-refractivity contribution in [1.82, 2.24) is 15.1 Å². The fourth-order valence-corrected chi connectivity index (χ4v) is 4.85. The fourth-order valence-electron chi connectivity index (χ4n) is 3.03. The van der Waals surface area contributed by atoms with Crippen molar-refractivity contribution in [3.8, 4) is 0 Å². The lowest BCUT2D eigenvalue weighted by atomic mass is 9.94. The molecule has 5 heteroatoms. The summed E-state index contributed by atoms with van der Waals surface area (Å²) in [4.78, 5) is 1.54. The lowest BCUT2D eigenvalue weighted by molar-refractivity contribution is 0.462. The van der Waals surface area contributed by atoms with Gasteiger partial charge in [0, 0.05) is 35.8 Å². The lowest BCUT2D eigenvalue weighted by Gasteiger charge is -2.23. The maximum absolute atomic E-state index is 4.49. The number of rotatable bonds is 3. The van der Waals surface area contributed by atoms with Gasteiger partial charge in [0.1, 0.15) is 0 Å². The molecule has 20 heavy (non-hydrogen) atoms. The molecule has 1 unspecified atom stereocenters. The van der Waals surface area contributed by atoms with Gasteiger partial charge in [-0.1, -0.05) is 0 Å². The van der Waals surface area contributed by atoms with E-state index in [1.54, 1.807) is 4.88 Å². The number of aromatic nitrogens is 2. The van der Waals surface area contributed by atoms with Crippen molar-refractivity contribution in [2.75, 3.05) is 0 Å². The largest absolute Gasteiger partial charge is 0.306 e. The molecule has 0 saturated heterocycles. The maximum atomic E-state index is 4.49. The van der Waals surface area contributed by atoms with Crippen LogP contribution in [0.25, 0.3) is 0 Å². The number of halogens is 1. The third-order valence-electron chi connectivity index (χ3n) is 4.27. The Labute approximate surface area is 132 Å². The Morgan fingerprint density at radius 3 is 3.00 bits per heavy atom. The first-order valence-corrected chi connectivity index (χ1v) is 8.67. The highest BCUT2D eigenvalue weighted by Crippen LogP contribution is 2.38. The van der Waals surface area contributed by atoms with Crippen LogP contribution in [0.3, 0.4) is 0 Å². The number of hydrogen-bond acceptors (Lipinski definition) is 3. The lowest BCUT2D eigenvalue weighted by Crippen LogP contribution is -2.24. The predicted octanol–water partition coefficient (Wildman–Crippen LogP) is 4.03. The van der Waals surface area contributed by atoms with Crippen LogP contribution in [0.1, 0.15) is 46.3 Å². The first-order chi connectivity index (χ1) is 9.56. The Bertz CT molecular complexity index is 629. The van der Waals surface area contributed by atoms with E-state index in [2.05, 4.69) is 46.3 Å². The third kappa shape index (κ3) is 2.59. The summed E-state index contributed by atoms with van der Waals surface area (Å²) in [6.07, 6.45) is 3.74. The SMILES string of the molecule is Cc1nn(C)c(C)c1CNC1CCCc2sc(Br)cc21. The zero-order valence-corrected chi connectivity index (χ0v) is 14.6. The minimum absolute atomic E-state index is 0.486. The monoisotopic (exact) mass is 353 g/mol. The van der Waals surface area contributed by atoms with Gasteiger partial charge >= 0.3 is 0 Å². The van der Waals surface area contributed by atoms with Crippen molar-refractivity contribution in [3.05, 3.63) is 37.2 Å². The van der Waals surface area contributed by atoms with E-state index >= 15 is 0 Å². The van der Waals surface area contributed by atoms with Crippen LogP contribution in [-0.2, 0) is 20.0 Å². The molecular weight excluding hydrogens is 334 g/mol. The summed E-state index contributed by atoms with van der Waals surface area (Å²) < 4.78 is 3.23. The molecule has 3 rings (SSSR count).